The zero-order valence-electron chi connectivity index (χ0n) is 21.7. The highest BCUT2D eigenvalue weighted by molar-refractivity contribution is 5.82. The monoisotopic (exact) mass is 500 g/mol. The summed E-state index contributed by atoms with van der Waals surface area (Å²) in [5.41, 5.74) is 9.64. The molecule has 6 heteroatoms. The lowest BCUT2D eigenvalue weighted by Crippen LogP contribution is -2.57. The third kappa shape index (κ3) is 4.49. The third-order valence-electron chi connectivity index (χ3n) is 9.53. The molecule has 5 atom stereocenters. The van der Waals surface area contributed by atoms with Gasteiger partial charge in [0.05, 0.1) is 18.0 Å². The predicted octanol–water partition coefficient (Wildman–Crippen LogP) is 6.02. The van der Waals surface area contributed by atoms with Crippen molar-refractivity contribution in [2.75, 3.05) is 11.9 Å². The van der Waals surface area contributed by atoms with Gasteiger partial charge in [0.25, 0.3) is 0 Å². The standard InChI is InChI=1S/C31H40N4O2/c32-31(37)35(22-13-5-2-6-14-22)27-18-10-8-16-24(27)30(36)34-20-19-25-28(21-11-3-1-4-12-21)33-26-17-9-7-15-23(26)29(25)34/h1,3-4,7,9,11-12,15,17,22,24-25,27-29,33H,2,5-6,8,10,13-14,16,18-20H2,(H2,32,37)/t24-,25+,27+,28-,29-/m0/s1. The quantitative estimate of drug-likeness (QED) is 0.539. The van der Waals surface area contributed by atoms with Crippen molar-refractivity contribution in [3.05, 3.63) is 65.7 Å². The third-order valence-corrected chi connectivity index (χ3v) is 9.53. The van der Waals surface area contributed by atoms with Crippen LogP contribution in [0.15, 0.2) is 54.6 Å². The maximum atomic E-state index is 14.5. The highest BCUT2D eigenvalue weighted by Gasteiger charge is 2.49. The number of fused-ring (bicyclic) bond motifs is 3. The van der Waals surface area contributed by atoms with Crippen molar-refractivity contribution in [1.82, 2.24) is 9.80 Å². The number of nitrogens with zero attached hydrogens (tertiary/aromatic N) is 2. The minimum Gasteiger partial charge on any atom is -0.378 e. The second-order valence-electron chi connectivity index (χ2n) is 11.5. The van der Waals surface area contributed by atoms with Crippen LogP contribution in [-0.4, -0.2) is 40.4 Å². The van der Waals surface area contributed by atoms with Crippen molar-refractivity contribution in [1.29, 1.82) is 0 Å². The van der Waals surface area contributed by atoms with Crippen LogP contribution in [0, 0.1) is 11.8 Å². The van der Waals surface area contributed by atoms with Crippen molar-refractivity contribution in [3.8, 4) is 0 Å². The molecule has 0 unspecified atom stereocenters. The van der Waals surface area contributed by atoms with Crippen LogP contribution in [0.4, 0.5) is 10.5 Å². The molecular weight excluding hydrogens is 460 g/mol. The van der Waals surface area contributed by atoms with Gasteiger partial charge in [-0.15, -0.1) is 0 Å². The maximum absolute atomic E-state index is 14.5. The number of nitrogens with one attached hydrogen (secondary N) is 1. The molecule has 2 aliphatic heterocycles. The van der Waals surface area contributed by atoms with Gasteiger partial charge in [0.15, 0.2) is 0 Å². The number of hydrogen-bond acceptors (Lipinski definition) is 3. The summed E-state index contributed by atoms with van der Waals surface area (Å²) in [7, 11) is 0. The van der Waals surface area contributed by atoms with Gasteiger partial charge in [0.1, 0.15) is 0 Å². The highest BCUT2D eigenvalue weighted by Crippen LogP contribution is 2.52. The molecule has 4 aliphatic rings. The molecule has 6 rings (SSSR count). The number of amides is 3. The van der Waals surface area contributed by atoms with Crippen LogP contribution < -0.4 is 11.1 Å². The average Bonchev–Trinajstić information content (AvgIpc) is 3.39. The number of nitrogens with two attached hydrogens (primary N) is 1. The van der Waals surface area contributed by atoms with E-state index in [0.29, 0.717) is 5.92 Å². The lowest BCUT2D eigenvalue weighted by atomic mass is 9.78. The summed E-state index contributed by atoms with van der Waals surface area (Å²) >= 11 is 0. The molecule has 0 aromatic heterocycles. The molecule has 0 radical (unpaired) electrons. The van der Waals surface area contributed by atoms with Crippen molar-refractivity contribution < 1.29 is 9.59 Å². The summed E-state index contributed by atoms with van der Waals surface area (Å²) in [6, 6.07) is 19.1. The Labute approximate surface area is 220 Å². The molecular formula is C31H40N4O2. The Bertz CT molecular complexity index is 1120. The van der Waals surface area contributed by atoms with Crippen molar-refractivity contribution in [2.24, 2.45) is 17.6 Å². The Morgan fingerprint density at radius 2 is 1.54 bits per heavy atom. The second-order valence-corrected chi connectivity index (χ2v) is 11.5. The first-order chi connectivity index (χ1) is 18.1. The number of urea groups is 1. The molecule has 6 nitrogen and oxygen atoms in total. The molecule has 0 spiro atoms. The second kappa shape index (κ2) is 10.4. The lowest BCUT2D eigenvalue weighted by Gasteiger charge is -2.46. The summed E-state index contributed by atoms with van der Waals surface area (Å²) < 4.78 is 0. The summed E-state index contributed by atoms with van der Waals surface area (Å²) in [5, 5.41) is 3.80. The number of likely N-dealkylation sites (tertiary alicyclic amines) is 1. The fraction of sp³-hybridized carbons (Fsp3) is 0.548. The van der Waals surface area contributed by atoms with E-state index in [-0.39, 0.29) is 42.0 Å². The number of carbonyl (C=O) groups excluding carboxylic acids is 2. The molecule has 2 aliphatic carbocycles. The van der Waals surface area contributed by atoms with E-state index in [1.165, 1.54) is 17.5 Å². The Morgan fingerprint density at radius 1 is 0.838 bits per heavy atom. The summed E-state index contributed by atoms with van der Waals surface area (Å²) in [4.78, 5) is 31.4. The van der Waals surface area contributed by atoms with Crippen LogP contribution in [0.25, 0.3) is 0 Å². The van der Waals surface area contributed by atoms with E-state index in [9.17, 15) is 9.59 Å². The van der Waals surface area contributed by atoms with E-state index in [4.69, 9.17) is 5.73 Å². The molecule has 196 valence electrons. The van der Waals surface area contributed by atoms with Crippen molar-refractivity contribution in [2.45, 2.75) is 88.4 Å². The number of para-hydroxylation sites is 1. The van der Waals surface area contributed by atoms with Crippen LogP contribution in [0.5, 0.6) is 0 Å². The zero-order chi connectivity index (χ0) is 25.4. The number of anilines is 1. The molecule has 2 aromatic rings. The first-order valence-corrected chi connectivity index (χ1v) is 14.4. The van der Waals surface area contributed by atoms with Gasteiger partial charge in [-0.25, -0.2) is 4.79 Å². The average molecular weight is 501 g/mol. The number of benzene rings is 2. The van der Waals surface area contributed by atoms with E-state index in [1.54, 1.807) is 0 Å². The van der Waals surface area contributed by atoms with Crippen LogP contribution >= 0.6 is 0 Å². The van der Waals surface area contributed by atoms with Crippen LogP contribution in [0.2, 0.25) is 0 Å². The SMILES string of the molecule is NC(=O)N(C1CCCCC1)[C@@H]1CCCC[C@@H]1C(=O)N1CC[C@@H]2[C@H](c3ccccc3)Nc3ccccc3[C@@H]21. The fourth-order valence-electron chi connectivity index (χ4n) is 7.88. The van der Waals surface area contributed by atoms with Crippen molar-refractivity contribution in [3.63, 3.8) is 0 Å². The van der Waals surface area contributed by atoms with Gasteiger partial charge in [-0.05, 0) is 49.3 Å². The smallest absolute Gasteiger partial charge is 0.315 e. The Hall–Kier alpha value is -3.02. The molecule has 37 heavy (non-hydrogen) atoms. The van der Waals surface area contributed by atoms with Gasteiger partial charge >= 0.3 is 6.03 Å². The predicted molar refractivity (Wildman–Crippen MR) is 146 cm³/mol. The minimum absolute atomic E-state index is 0.0504. The number of rotatable bonds is 4. The molecule has 3 amide bonds. The number of carbonyl (C=O) groups is 2. The van der Waals surface area contributed by atoms with E-state index in [2.05, 4.69) is 64.8 Å². The summed E-state index contributed by atoms with van der Waals surface area (Å²) in [5.74, 6) is 0.371. The summed E-state index contributed by atoms with van der Waals surface area (Å²) in [6.07, 6.45) is 10.3. The van der Waals surface area contributed by atoms with Gasteiger partial charge in [-0.2, -0.15) is 0 Å². The first kappa shape index (κ1) is 24.3. The number of hydrogen-bond donors (Lipinski definition) is 2. The van der Waals surface area contributed by atoms with E-state index in [0.717, 1.165) is 70.0 Å². The fourth-order valence-corrected chi connectivity index (χ4v) is 7.88. The Kier molecular flexibility index (Phi) is 6.83. The normalized spacial score (nSPS) is 29.6. The molecule has 3 N–H and O–H groups in total. The molecule has 0 bridgehead atoms. The number of primary amides is 1. The first-order valence-electron chi connectivity index (χ1n) is 14.4. The Morgan fingerprint density at radius 3 is 2.32 bits per heavy atom. The van der Waals surface area contributed by atoms with Crippen LogP contribution in [0.3, 0.4) is 0 Å². The van der Waals surface area contributed by atoms with Gasteiger partial charge in [-0.1, -0.05) is 80.6 Å². The molecule has 2 saturated carbocycles. The van der Waals surface area contributed by atoms with Gasteiger partial charge < -0.3 is 20.9 Å². The molecule has 3 fully saturated rings. The molecule has 1 saturated heterocycles. The van der Waals surface area contributed by atoms with Crippen molar-refractivity contribution >= 4 is 17.6 Å². The van der Waals surface area contributed by atoms with Gasteiger partial charge in [0.2, 0.25) is 5.91 Å². The molecule has 2 heterocycles. The Balaban J connectivity index is 1.32. The highest BCUT2D eigenvalue weighted by atomic mass is 16.2. The van der Waals surface area contributed by atoms with Crippen LogP contribution in [-0.2, 0) is 4.79 Å². The minimum atomic E-state index is -0.341. The van der Waals surface area contributed by atoms with Gasteiger partial charge in [-0.3, -0.25) is 4.79 Å². The summed E-state index contributed by atoms with van der Waals surface area (Å²) in [6.45, 7) is 0.761. The zero-order valence-corrected chi connectivity index (χ0v) is 21.7. The van der Waals surface area contributed by atoms with E-state index < -0.39 is 0 Å². The molecule has 2 aromatic carbocycles. The maximum Gasteiger partial charge on any atom is 0.315 e. The van der Waals surface area contributed by atoms with Crippen LogP contribution in [0.1, 0.15) is 87.4 Å². The van der Waals surface area contributed by atoms with E-state index in [1.807, 2.05) is 4.90 Å². The van der Waals surface area contributed by atoms with E-state index >= 15 is 0 Å². The lowest BCUT2D eigenvalue weighted by molar-refractivity contribution is -0.140. The largest absolute Gasteiger partial charge is 0.378 e. The van der Waals surface area contributed by atoms with Gasteiger partial charge in [0, 0.05) is 30.2 Å². The topological polar surface area (TPSA) is 78.7 Å².